The maximum atomic E-state index is 12.4. The number of sulfonamides is 1. The van der Waals surface area contributed by atoms with E-state index in [1.807, 2.05) is 0 Å². The first-order chi connectivity index (χ1) is 9.14. The van der Waals surface area contributed by atoms with Crippen molar-refractivity contribution in [2.24, 2.45) is 11.5 Å². The predicted molar refractivity (Wildman–Crippen MR) is 75.7 cm³/mol. The fourth-order valence-electron chi connectivity index (χ4n) is 1.47. The number of amides is 2. The van der Waals surface area contributed by atoms with E-state index in [9.17, 15) is 18.0 Å². The first-order valence-corrected chi connectivity index (χ1v) is 7.49. The number of halogens is 1. The highest BCUT2D eigenvalue weighted by molar-refractivity contribution is 9.10. The minimum Gasteiger partial charge on any atom is -0.398 e. The summed E-state index contributed by atoms with van der Waals surface area (Å²) in [6, 6.07) is 4.11. The molecule has 0 radical (unpaired) electrons. The molecule has 0 aliphatic heterocycles. The van der Waals surface area contributed by atoms with E-state index in [2.05, 4.69) is 15.9 Å². The number of carbonyl (C=O) groups excluding carboxylic acids is 2. The lowest BCUT2D eigenvalue weighted by molar-refractivity contribution is -0.120. The summed E-state index contributed by atoms with van der Waals surface area (Å²) in [5.74, 6) is -1.82. The highest BCUT2D eigenvalue weighted by atomic mass is 79.9. The van der Waals surface area contributed by atoms with E-state index in [1.54, 1.807) is 0 Å². The number of hydrogen-bond donors (Lipinski definition) is 3. The molecule has 10 heteroatoms. The molecular weight excluding hydrogens is 352 g/mol. The minimum atomic E-state index is -4.15. The van der Waals surface area contributed by atoms with Gasteiger partial charge in [0.15, 0.2) is 0 Å². The van der Waals surface area contributed by atoms with E-state index in [-0.39, 0.29) is 10.6 Å². The summed E-state index contributed by atoms with van der Waals surface area (Å²) < 4.78 is 25.9. The Morgan fingerprint density at radius 2 is 1.65 bits per heavy atom. The van der Waals surface area contributed by atoms with Gasteiger partial charge in [0.2, 0.25) is 21.8 Å². The van der Waals surface area contributed by atoms with Crippen LogP contribution in [0.3, 0.4) is 0 Å². The normalized spacial score (nSPS) is 11.5. The Morgan fingerprint density at radius 3 is 2.05 bits per heavy atom. The molecule has 6 N–H and O–H groups in total. The van der Waals surface area contributed by atoms with Gasteiger partial charge in [-0.3, -0.25) is 9.59 Å². The average molecular weight is 365 g/mol. The van der Waals surface area contributed by atoms with Crippen molar-refractivity contribution in [3.05, 3.63) is 22.7 Å². The van der Waals surface area contributed by atoms with Crippen molar-refractivity contribution in [3.63, 3.8) is 0 Å². The Hall–Kier alpha value is -1.65. The van der Waals surface area contributed by atoms with Crippen molar-refractivity contribution in [1.82, 2.24) is 4.31 Å². The molecule has 1 rings (SSSR count). The van der Waals surface area contributed by atoms with Crippen LogP contribution in [0, 0.1) is 0 Å². The molecule has 0 aromatic heterocycles. The van der Waals surface area contributed by atoms with Gasteiger partial charge in [0.05, 0.1) is 18.8 Å². The molecule has 0 aliphatic carbocycles. The lowest BCUT2D eigenvalue weighted by Gasteiger charge is -2.20. The largest absolute Gasteiger partial charge is 0.398 e. The molecule has 1 aromatic carbocycles. The second kappa shape index (κ2) is 6.20. The standard InChI is InChI=1S/C10H13BrN4O4S/c11-6-1-2-8(7(12)3-6)20(18,19)15(4-9(13)16)5-10(14)17/h1-3H,4-5,12H2,(H2,13,16)(H2,14,17). The molecule has 2 amide bonds. The van der Waals surface area contributed by atoms with Crippen LogP contribution in [0.5, 0.6) is 0 Å². The molecule has 0 spiro atoms. The molecule has 0 atom stereocenters. The van der Waals surface area contributed by atoms with Crippen molar-refractivity contribution in [2.75, 3.05) is 18.8 Å². The van der Waals surface area contributed by atoms with Crippen LogP contribution in [0.25, 0.3) is 0 Å². The van der Waals surface area contributed by atoms with Gasteiger partial charge in [-0.15, -0.1) is 0 Å². The first kappa shape index (κ1) is 16.4. The van der Waals surface area contributed by atoms with E-state index in [1.165, 1.54) is 18.2 Å². The average Bonchev–Trinajstić information content (AvgIpc) is 2.26. The second-order valence-corrected chi connectivity index (χ2v) is 6.71. The number of hydrogen-bond acceptors (Lipinski definition) is 5. The van der Waals surface area contributed by atoms with Gasteiger partial charge in [0.1, 0.15) is 4.90 Å². The summed E-state index contributed by atoms with van der Waals surface area (Å²) >= 11 is 3.14. The third kappa shape index (κ3) is 3.92. The summed E-state index contributed by atoms with van der Waals surface area (Å²) in [6.45, 7) is -1.33. The summed E-state index contributed by atoms with van der Waals surface area (Å²) in [5.41, 5.74) is 15.5. The van der Waals surface area contributed by atoms with Crippen molar-refractivity contribution >= 4 is 43.5 Å². The quantitative estimate of drug-likeness (QED) is 0.552. The monoisotopic (exact) mass is 364 g/mol. The zero-order valence-corrected chi connectivity index (χ0v) is 12.6. The summed E-state index contributed by atoms with van der Waals surface area (Å²) in [7, 11) is -4.15. The number of benzene rings is 1. The van der Waals surface area contributed by atoms with E-state index in [0.29, 0.717) is 8.78 Å². The Bertz CT molecular complexity index is 631. The fourth-order valence-corrected chi connectivity index (χ4v) is 3.31. The molecule has 0 unspecified atom stereocenters. The Morgan fingerprint density at radius 1 is 1.15 bits per heavy atom. The van der Waals surface area contributed by atoms with Crippen molar-refractivity contribution in [3.8, 4) is 0 Å². The third-order valence-electron chi connectivity index (χ3n) is 2.25. The van der Waals surface area contributed by atoms with E-state index in [0.717, 1.165) is 0 Å². The van der Waals surface area contributed by atoms with Gasteiger partial charge in [0.25, 0.3) is 0 Å². The Balaban J connectivity index is 3.28. The van der Waals surface area contributed by atoms with Gasteiger partial charge in [0, 0.05) is 4.47 Å². The van der Waals surface area contributed by atoms with Crippen molar-refractivity contribution in [2.45, 2.75) is 4.90 Å². The summed E-state index contributed by atoms with van der Waals surface area (Å²) in [4.78, 5) is 21.6. The van der Waals surface area contributed by atoms with E-state index in [4.69, 9.17) is 17.2 Å². The van der Waals surface area contributed by atoms with Crippen LogP contribution in [-0.4, -0.2) is 37.6 Å². The van der Waals surface area contributed by atoms with Gasteiger partial charge in [-0.05, 0) is 18.2 Å². The molecule has 0 saturated carbocycles. The van der Waals surface area contributed by atoms with Crippen LogP contribution in [0.4, 0.5) is 5.69 Å². The Kier molecular flexibility index (Phi) is 5.09. The molecule has 0 heterocycles. The lowest BCUT2D eigenvalue weighted by atomic mass is 10.3. The van der Waals surface area contributed by atoms with Crippen LogP contribution >= 0.6 is 15.9 Å². The molecule has 0 bridgehead atoms. The van der Waals surface area contributed by atoms with E-state index >= 15 is 0 Å². The molecule has 1 aromatic rings. The Labute approximate surface area is 124 Å². The highest BCUT2D eigenvalue weighted by Crippen LogP contribution is 2.25. The fraction of sp³-hybridized carbons (Fsp3) is 0.200. The van der Waals surface area contributed by atoms with Crippen molar-refractivity contribution < 1.29 is 18.0 Å². The molecule has 20 heavy (non-hydrogen) atoms. The van der Waals surface area contributed by atoms with Crippen LogP contribution in [0.15, 0.2) is 27.6 Å². The maximum absolute atomic E-state index is 12.4. The van der Waals surface area contributed by atoms with Crippen LogP contribution in [0.2, 0.25) is 0 Å². The number of nitrogens with two attached hydrogens (primary N) is 3. The molecule has 0 fully saturated rings. The van der Waals surface area contributed by atoms with Crippen LogP contribution < -0.4 is 17.2 Å². The molecule has 8 nitrogen and oxygen atoms in total. The van der Waals surface area contributed by atoms with Gasteiger partial charge in [-0.1, -0.05) is 15.9 Å². The zero-order chi connectivity index (χ0) is 15.5. The molecular formula is C10H13BrN4O4S. The van der Waals surface area contributed by atoms with Crippen LogP contribution in [0.1, 0.15) is 0 Å². The van der Waals surface area contributed by atoms with Crippen LogP contribution in [-0.2, 0) is 19.6 Å². The topological polar surface area (TPSA) is 150 Å². The number of rotatable bonds is 6. The molecule has 110 valence electrons. The highest BCUT2D eigenvalue weighted by Gasteiger charge is 2.29. The van der Waals surface area contributed by atoms with Gasteiger partial charge in [-0.2, -0.15) is 4.31 Å². The first-order valence-electron chi connectivity index (χ1n) is 5.26. The zero-order valence-electron chi connectivity index (χ0n) is 10.2. The van der Waals surface area contributed by atoms with Gasteiger partial charge in [-0.25, -0.2) is 8.42 Å². The SMILES string of the molecule is NC(=O)CN(CC(N)=O)S(=O)(=O)c1ccc(Br)cc1N. The lowest BCUT2D eigenvalue weighted by Crippen LogP contribution is -2.43. The number of carbonyl (C=O) groups is 2. The number of nitrogens with zero attached hydrogens (tertiary/aromatic N) is 1. The summed E-state index contributed by atoms with van der Waals surface area (Å²) in [6.07, 6.45) is 0. The molecule has 0 aliphatic rings. The maximum Gasteiger partial charge on any atom is 0.246 e. The second-order valence-electron chi connectivity index (χ2n) is 3.89. The predicted octanol–water partition coefficient (Wildman–Crippen LogP) is -1.01. The number of anilines is 1. The third-order valence-corrected chi connectivity index (χ3v) is 4.61. The smallest absolute Gasteiger partial charge is 0.246 e. The van der Waals surface area contributed by atoms with Gasteiger partial charge >= 0.3 is 0 Å². The number of nitrogen functional groups attached to an aromatic ring is 1. The van der Waals surface area contributed by atoms with Gasteiger partial charge < -0.3 is 17.2 Å². The van der Waals surface area contributed by atoms with Crippen molar-refractivity contribution in [1.29, 1.82) is 0 Å². The molecule has 0 saturated heterocycles. The number of primary amides is 2. The van der Waals surface area contributed by atoms with E-state index < -0.39 is 34.9 Å². The summed E-state index contributed by atoms with van der Waals surface area (Å²) in [5, 5.41) is 0. The minimum absolute atomic E-state index is 0.0293.